The van der Waals surface area contributed by atoms with Gasteiger partial charge in [0.1, 0.15) is 0 Å². The molecule has 0 radical (unpaired) electrons. The molecule has 1 heteroatoms. The lowest BCUT2D eigenvalue weighted by atomic mass is 9.85. The Labute approximate surface area is 111 Å². The highest BCUT2D eigenvalue weighted by molar-refractivity contribution is 5.99. The van der Waals surface area contributed by atoms with Crippen LogP contribution in [0.15, 0.2) is 35.5 Å². The largest absolute Gasteiger partial charge is 0.265 e. The molecule has 2 rings (SSSR count). The Bertz CT molecular complexity index is 499. The second-order valence-electron chi connectivity index (χ2n) is 6.44. The Morgan fingerprint density at radius 2 is 1.89 bits per heavy atom. The fourth-order valence-corrected chi connectivity index (χ4v) is 2.16. The third kappa shape index (κ3) is 2.72. The molecule has 0 aliphatic carbocycles. The van der Waals surface area contributed by atoms with Crippen LogP contribution in [0.3, 0.4) is 0 Å². The van der Waals surface area contributed by atoms with Crippen LogP contribution in [-0.2, 0) is 5.41 Å². The zero-order chi connectivity index (χ0) is 13.3. The van der Waals surface area contributed by atoms with Crippen LogP contribution in [0.25, 0.3) is 5.57 Å². The summed E-state index contributed by atoms with van der Waals surface area (Å²) in [5, 5.41) is 0. The number of hydrogen-bond donors (Lipinski definition) is 0. The molecule has 96 valence electrons. The topological polar surface area (TPSA) is 12.4 Å². The first-order chi connectivity index (χ1) is 8.38. The molecule has 1 heterocycles. The summed E-state index contributed by atoms with van der Waals surface area (Å²) in [7, 11) is 0. The number of benzene rings is 1. The van der Waals surface area contributed by atoms with Gasteiger partial charge in [0.2, 0.25) is 0 Å². The van der Waals surface area contributed by atoms with Gasteiger partial charge in [0.25, 0.3) is 0 Å². The van der Waals surface area contributed by atoms with Crippen LogP contribution in [0, 0.1) is 5.92 Å². The Hall–Kier alpha value is -1.37. The minimum Gasteiger partial charge on any atom is -0.265 e. The van der Waals surface area contributed by atoms with Crippen molar-refractivity contribution >= 4 is 11.3 Å². The third-order valence-corrected chi connectivity index (χ3v) is 3.52. The molecule has 1 aromatic rings. The molecule has 0 amide bonds. The van der Waals surface area contributed by atoms with Crippen molar-refractivity contribution in [3.8, 4) is 0 Å². The molecular formula is C17H23N. The molecule has 1 aliphatic heterocycles. The lowest BCUT2D eigenvalue weighted by Crippen LogP contribution is -2.11. The Kier molecular flexibility index (Phi) is 3.43. The molecule has 0 saturated carbocycles. The predicted molar refractivity (Wildman–Crippen MR) is 80.0 cm³/mol. The summed E-state index contributed by atoms with van der Waals surface area (Å²) >= 11 is 0. The molecule has 1 aliphatic rings. The van der Waals surface area contributed by atoms with Gasteiger partial charge in [0, 0.05) is 18.3 Å². The monoisotopic (exact) mass is 241 g/mol. The van der Waals surface area contributed by atoms with Gasteiger partial charge in [0.05, 0.1) is 0 Å². The van der Waals surface area contributed by atoms with E-state index in [-0.39, 0.29) is 5.41 Å². The number of allylic oxidation sites excluding steroid dienone is 1. The van der Waals surface area contributed by atoms with Gasteiger partial charge in [-0.1, -0.05) is 58.9 Å². The normalized spacial score (nSPS) is 15.9. The van der Waals surface area contributed by atoms with E-state index in [1.807, 2.05) is 6.20 Å². The van der Waals surface area contributed by atoms with Gasteiger partial charge < -0.3 is 0 Å². The molecule has 0 bridgehead atoms. The highest BCUT2D eigenvalue weighted by Crippen LogP contribution is 2.30. The van der Waals surface area contributed by atoms with Crippen molar-refractivity contribution in [3.05, 3.63) is 41.6 Å². The summed E-state index contributed by atoms with van der Waals surface area (Å²) in [6, 6.07) is 8.87. The van der Waals surface area contributed by atoms with Gasteiger partial charge in [-0.2, -0.15) is 0 Å². The van der Waals surface area contributed by atoms with E-state index < -0.39 is 0 Å². The average Bonchev–Trinajstić information content (AvgIpc) is 2.77. The van der Waals surface area contributed by atoms with Gasteiger partial charge in [-0.25, -0.2) is 0 Å². The minimum atomic E-state index is 0.205. The molecule has 1 aromatic carbocycles. The fourth-order valence-electron chi connectivity index (χ4n) is 2.16. The van der Waals surface area contributed by atoms with E-state index in [0.717, 1.165) is 6.42 Å². The molecule has 1 nitrogen and oxygen atoms in total. The minimum absolute atomic E-state index is 0.205. The molecule has 0 fully saturated rings. The van der Waals surface area contributed by atoms with Crippen LogP contribution in [-0.4, -0.2) is 5.71 Å². The highest BCUT2D eigenvalue weighted by Gasteiger charge is 2.17. The smallest absolute Gasteiger partial charge is 0.0309 e. The first-order valence-corrected chi connectivity index (χ1v) is 6.74. The van der Waals surface area contributed by atoms with Crippen LogP contribution in [0.2, 0.25) is 0 Å². The zero-order valence-electron chi connectivity index (χ0n) is 12.1. The maximum atomic E-state index is 4.54. The zero-order valence-corrected chi connectivity index (χ0v) is 12.1. The van der Waals surface area contributed by atoms with Crippen LogP contribution >= 0.6 is 0 Å². The van der Waals surface area contributed by atoms with Crippen molar-refractivity contribution in [1.29, 1.82) is 0 Å². The van der Waals surface area contributed by atoms with Gasteiger partial charge in [-0.15, -0.1) is 0 Å². The van der Waals surface area contributed by atoms with Crippen molar-refractivity contribution in [2.24, 2.45) is 10.9 Å². The molecule has 0 N–H and O–H groups in total. The third-order valence-electron chi connectivity index (χ3n) is 3.52. The molecule has 18 heavy (non-hydrogen) atoms. The molecule has 0 saturated heterocycles. The molecule has 0 spiro atoms. The number of hydrogen-bond acceptors (Lipinski definition) is 1. The summed E-state index contributed by atoms with van der Waals surface area (Å²) in [5.41, 5.74) is 5.56. The Balaban J connectivity index is 2.23. The van der Waals surface area contributed by atoms with Crippen molar-refractivity contribution in [1.82, 2.24) is 0 Å². The van der Waals surface area contributed by atoms with Crippen LogP contribution in [0.5, 0.6) is 0 Å². The first kappa shape index (κ1) is 13.1. The van der Waals surface area contributed by atoms with E-state index in [1.165, 1.54) is 22.4 Å². The maximum absolute atomic E-state index is 4.54. The van der Waals surface area contributed by atoms with Gasteiger partial charge in [-0.3, -0.25) is 4.99 Å². The van der Waals surface area contributed by atoms with Gasteiger partial charge in [-0.05, 0) is 28.0 Å². The van der Waals surface area contributed by atoms with E-state index >= 15 is 0 Å². The number of nitrogens with zero attached hydrogens (tertiary/aromatic N) is 1. The quantitative estimate of drug-likeness (QED) is 0.703. The van der Waals surface area contributed by atoms with Crippen LogP contribution in [0.4, 0.5) is 0 Å². The fraction of sp³-hybridized carbons (Fsp3) is 0.471. The highest BCUT2D eigenvalue weighted by atomic mass is 14.7. The van der Waals surface area contributed by atoms with Crippen molar-refractivity contribution in [2.75, 3.05) is 0 Å². The van der Waals surface area contributed by atoms with Gasteiger partial charge in [0.15, 0.2) is 0 Å². The number of rotatable bonds is 2. The average molecular weight is 241 g/mol. The van der Waals surface area contributed by atoms with Crippen LogP contribution < -0.4 is 0 Å². The van der Waals surface area contributed by atoms with E-state index in [2.05, 4.69) is 63.9 Å². The van der Waals surface area contributed by atoms with E-state index in [0.29, 0.717) is 5.92 Å². The van der Waals surface area contributed by atoms with E-state index in [9.17, 15) is 0 Å². The summed E-state index contributed by atoms with van der Waals surface area (Å²) in [4.78, 5) is 4.54. The summed E-state index contributed by atoms with van der Waals surface area (Å²) in [6.07, 6.45) is 3.04. The van der Waals surface area contributed by atoms with Crippen LogP contribution in [0.1, 0.15) is 52.2 Å². The summed E-state index contributed by atoms with van der Waals surface area (Å²) in [5.74, 6) is 0.546. The number of aliphatic imine (C=N–C) groups is 1. The first-order valence-electron chi connectivity index (χ1n) is 6.74. The standard InChI is InChI=1S/C17H23N/c1-12(2)16-10-14(11-18-16)13-7-6-8-15(9-13)17(3,4)5/h6-9,11-12H,10H2,1-5H3. The molecular weight excluding hydrogens is 218 g/mol. The van der Waals surface area contributed by atoms with E-state index in [4.69, 9.17) is 0 Å². The predicted octanol–water partition coefficient (Wildman–Crippen LogP) is 4.83. The second-order valence-corrected chi connectivity index (χ2v) is 6.44. The van der Waals surface area contributed by atoms with Gasteiger partial charge >= 0.3 is 0 Å². The molecule has 0 aromatic heterocycles. The van der Waals surface area contributed by atoms with Crippen molar-refractivity contribution in [3.63, 3.8) is 0 Å². The van der Waals surface area contributed by atoms with Crippen molar-refractivity contribution < 1.29 is 0 Å². The Morgan fingerprint density at radius 3 is 2.44 bits per heavy atom. The van der Waals surface area contributed by atoms with Crippen molar-refractivity contribution in [2.45, 2.75) is 46.5 Å². The summed E-state index contributed by atoms with van der Waals surface area (Å²) in [6.45, 7) is 11.2. The Morgan fingerprint density at radius 1 is 1.17 bits per heavy atom. The van der Waals surface area contributed by atoms with E-state index in [1.54, 1.807) is 0 Å². The summed E-state index contributed by atoms with van der Waals surface area (Å²) < 4.78 is 0. The second kappa shape index (κ2) is 4.72. The SMILES string of the molecule is CC(C)C1=NC=C(c2cccc(C(C)(C)C)c2)C1. The maximum Gasteiger partial charge on any atom is 0.0309 e. The molecule has 0 unspecified atom stereocenters. The molecule has 0 atom stereocenters. The lowest BCUT2D eigenvalue weighted by molar-refractivity contribution is 0.590. The lowest BCUT2D eigenvalue weighted by Gasteiger charge is -2.20.